The van der Waals surface area contributed by atoms with E-state index in [2.05, 4.69) is 42.5 Å². The lowest BCUT2D eigenvalue weighted by atomic mass is 10.0. The van der Waals surface area contributed by atoms with Gasteiger partial charge >= 0.3 is 0 Å². The third kappa shape index (κ3) is 1.16. The van der Waals surface area contributed by atoms with Crippen molar-refractivity contribution in [1.82, 2.24) is 0 Å². The predicted octanol–water partition coefficient (Wildman–Crippen LogP) is 4.14. The molecule has 1 fully saturated rings. The van der Waals surface area contributed by atoms with E-state index in [1.165, 1.54) is 35.1 Å². The van der Waals surface area contributed by atoms with Gasteiger partial charge < -0.3 is 0 Å². The fourth-order valence-electron chi connectivity index (χ4n) is 2.84. The Labute approximate surface area is 95.9 Å². The molecule has 16 heavy (non-hydrogen) atoms. The van der Waals surface area contributed by atoms with Crippen molar-refractivity contribution in [2.24, 2.45) is 0 Å². The summed E-state index contributed by atoms with van der Waals surface area (Å²) < 4.78 is 0. The standard InChI is InChI=1S/C16H14/c1-2-4-15-13(3-1)10-14-9-12(11-5-6-11)7-8-16(14)15/h1-4,7-9,11H,5-6,10H2. The van der Waals surface area contributed by atoms with Crippen molar-refractivity contribution in [1.29, 1.82) is 0 Å². The van der Waals surface area contributed by atoms with Crippen LogP contribution in [0.5, 0.6) is 0 Å². The third-order valence-electron chi connectivity index (χ3n) is 3.87. The van der Waals surface area contributed by atoms with Crippen LogP contribution in [0.25, 0.3) is 11.1 Å². The Hall–Kier alpha value is -1.56. The van der Waals surface area contributed by atoms with Gasteiger partial charge in [-0.3, -0.25) is 0 Å². The minimum absolute atomic E-state index is 0.869. The van der Waals surface area contributed by atoms with Crippen molar-refractivity contribution in [2.75, 3.05) is 0 Å². The summed E-state index contributed by atoms with van der Waals surface area (Å²) >= 11 is 0. The maximum Gasteiger partial charge on any atom is -0.00134 e. The van der Waals surface area contributed by atoms with Gasteiger partial charge in [0.15, 0.2) is 0 Å². The molecule has 0 heterocycles. The highest BCUT2D eigenvalue weighted by molar-refractivity contribution is 5.77. The fourth-order valence-corrected chi connectivity index (χ4v) is 2.84. The third-order valence-corrected chi connectivity index (χ3v) is 3.87. The van der Waals surface area contributed by atoms with Gasteiger partial charge in [0.2, 0.25) is 0 Å². The van der Waals surface area contributed by atoms with Crippen LogP contribution in [0.2, 0.25) is 0 Å². The van der Waals surface area contributed by atoms with E-state index in [0.29, 0.717) is 0 Å². The minimum Gasteiger partial charge on any atom is -0.0619 e. The van der Waals surface area contributed by atoms with Crippen LogP contribution >= 0.6 is 0 Å². The second kappa shape index (κ2) is 2.98. The summed E-state index contributed by atoms with van der Waals surface area (Å²) in [6, 6.07) is 15.9. The van der Waals surface area contributed by atoms with Crippen LogP contribution in [0, 0.1) is 0 Å². The molecule has 0 nitrogen and oxygen atoms in total. The normalized spacial score (nSPS) is 17.0. The van der Waals surface area contributed by atoms with E-state index in [4.69, 9.17) is 0 Å². The van der Waals surface area contributed by atoms with E-state index in [1.807, 2.05) is 0 Å². The van der Waals surface area contributed by atoms with Gasteiger partial charge in [-0.15, -0.1) is 0 Å². The number of hydrogen-bond acceptors (Lipinski definition) is 0. The zero-order valence-electron chi connectivity index (χ0n) is 9.24. The average molecular weight is 206 g/mol. The molecule has 2 aliphatic carbocycles. The summed E-state index contributed by atoms with van der Waals surface area (Å²) in [4.78, 5) is 0. The number of benzene rings is 2. The molecule has 0 saturated heterocycles. The van der Waals surface area contributed by atoms with Gasteiger partial charge in [0.1, 0.15) is 0 Å². The van der Waals surface area contributed by atoms with Crippen molar-refractivity contribution in [3.63, 3.8) is 0 Å². The van der Waals surface area contributed by atoms with E-state index < -0.39 is 0 Å². The van der Waals surface area contributed by atoms with Crippen molar-refractivity contribution in [3.8, 4) is 11.1 Å². The number of fused-ring (bicyclic) bond motifs is 3. The highest BCUT2D eigenvalue weighted by Gasteiger charge is 2.25. The Morgan fingerprint density at radius 2 is 1.62 bits per heavy atom. The number of rotatable bonds is 1. The molecule has 0 N–H and O–H groups in total. The molecule has 2 aromatic rings. The van der Waals surface area contributed by atoms with Gasteiger partial charge in [-0.2, -0.15) is 0 Å². The van der Waals surface area contributed by atoms with Gasteiger partial charge in [0.05, 0.1) is 0 Å². The fraction of sp³-hybridized carbons (Fsp3) is 0.250. The average Bonchev–Trinajstić information content (AvgIpc) is 3.10. The lowest BCUT2D eigenvalue weighted by molar-refractivity contribution is 1.11. The van der Waals surface area contributed by atoms with Crippen molar-refractivity contribution >= 4 is 0 Å². The molecule has 0 amide bonds. The smallest absolute Gasteiger partial charge is 0.00134 e. The highest BCUT2D eigenvalue weighted by Crippen LogP contribution is 2.43. The van der Waals surface area contributed by atoms with Crippen molar-refractivity contribution in [2.45, 2.75) is 25.2 Å². The Bertz CT molecular complexity index is 562. The molecule has 1 saturated carbocycles. The molecule has 2 aliphatic rings. The molecule has 0 atom stereocenters. The lowest BCUT2D eigenvalue weighted by Crippen LogP contribution is -1.84. The molecule has 4 rings (SSSR count). The summed E-state index contributed by atoms with van der Waals surface area (Å²) in [5, 5.41) is 0. The minimum atomic E-state index is 0.869. The molecule has 0 aliphatic heterocycles. The second-order valence-electron chi connectivity index (χ2n) is 5.02. The summed E-state index contributed by atoms with van der Waals surface area (Å²) in [5.41, 5.74) is 7.49. The quantitative estimate of drug-likeness (QED) is 0.561. The first kappa shape index (κ1) is 8.58. The molecule has 0 spiro atoms. The van der Waals surface area contributed by atoms with E-state index >= 15 is 0 Å². The van der Waals surface area contributed by atoms with Crippen LogP contribution < -0.4 is 0 Å². The monoisotopic (exact) mass is 206 g/mol. The molecule has 0 radical (unpaired) electrons. The first-order valence-corrected chi connectivity index (χ1v) is 6.13. The molecular formula is C16H14. The predicted molar refractivity (Wildman–Crippen MR) is 66.7 cm³/mol. The van der Waals surface area contributed by atoms with Gasteiger partial charge in [0.25, 0.3) is 0 Å². The maximum absolute atomic E-state index is 2.44. The summed E-state index contributed by atoms with van der Waals surface area (Å²) in [6.45, 7) is 0. The van der Waals surface area contributed by atoms with E-state index in [0.717, 1.165) is 12.3 Å². The molecule has 78 valence electrons. The molecule has 2 aromatic carbocycles. The first-order valence-electron chi connectivity index (χ1n) is 6.13. The molecular weight excluding hydrogens is 192 g/mol. The number of hydrogen-bond donors (Lipinski definition) is 0. The summed E-state index contributed by atoms with van der Waals surface area (Å²) in [6.07, 6.45) is 3.92. The summed E-state index contributed by atoms with van der Waals surface area (Å²) in [7, 11) is 0. The van der Waals surface area contributed by atoms with Crippen LogP contribution in [-0.4, -0.2) is 0 Å². The van der Waals surface area contributed by atoms with Crippen LogP contribution in [0.4, 0.5) is 0 Å². The van der Waals surface area contributed by atoms with Gasteiger partial charge in [-0.25, -0.2) is 0 Å². The largest absolute Gasteiger partial charge is 0.0619 e. The molecule has 0 bridgehead atoms. The zero-order chi connectivity index (χ0) is 10.5. The SMILES string of the molecule is c1ccc2c(c1)Cc1cc(C3CC3)ccc1-2. The molecule has 0 heteroatoms. The van der Waals surface area contributed by atoms with Crippen molar-refractivity contribution in [3.05, 3.63) is 59.2 Å². The Morgan fingerprint density at radius 3 is 2.50 bits per heavy atom. The molecule has 0 aromatic heterocycles. The molecule has 0 unspecified atom stereocenters. The first-order chi connectivity index (χ1) is 7.92. The van der Waals surface area contributed by atoms with Gasteiger partial charge in [0, 0.05) is 0 Å². The summed E-state index contributed by atoms with van der Waals surface area (Å²) in [5.74, 6) is 0.869. The van der Waals surface area contributed by atoms with Gasteiger partial charge in [-0.1, -0.05) is 42.5 Å². The maximum atomic E-state index is 2.44. The van der Waals surface area contributed by atoms with E-state index in [1.54, 1.807) is 5.56 Å². The highest BCUT2D eigenvalue weighted by atomic mass is 14.3. The Kier molecular flexibility index (Phi) is 1.59. The van der Waals surface area contributed by atoms with E-state index in [9.17, 15) is 0 Å². The lowest BCUT2D eigenvalue weighted by Gasteiger charge is -2.03. The van der Waals surface area contributed by atoms with Crippen molar-refractivity contribution < 1.29 is 0 Å². The van der Waals surface area contributed by atoms with Crippen LogP contribution in [0.15, 0.2) is 42.5 Å². The Morgan fingerprint density at radius 1 is 0.812 bits per heavy atom. The topological polar surface area (TPSA) is 0 Å². The second-order valence-corrected chi connectivity index (χ2v) is 5.02. The van der Waals surface area contributed by atoms with Gasteiger partial charge in [-0.05, 0) is 53.0 Å². The van der Waals surface area contributed by atoms with Crippen LogP contribution in [0.1, 0.15) is 35.4 Å². The van der Waals surface area contributed by atoms with E-state index in [-0.39, 0.29) is 0 Å². The Balaban J connectivity index is 1.87. The van der Waals surface area contributed by atoms with Crippen LogP contribution in [-0.2, 0) is 6.42 Å². The zero-order valence-corrected chi connectivity index (χ0v) is 9.24. The van der Waals surface area contributed by atoms with Crippen LogP contribution in [0.3, 0.4) is 0 Å².